The van der Waals surface area contributed by atoms with Crippen molar-refractivity contribution >= 4 is 17.6 Å². The number of rotatable bonds is 2. The number of nitrogens with zero attached hydrogens (tertiary/aromatic N) is 4. The molecular weight excluding hydrogens is 244 g/mol. The normalized spacial score (nSPS) is 23.3. The molecule has 0 aromatic carbocycles. The van der Waals surface area contributed by atoms with Gasteiger partial charge in [0.1, 0.15) is 11.6 Å². The third-order valence-corrected chi connectivity index (χ3v) is 3.97. The monoisotopic (exact) mass is 260 g/mol. The number of hydrogen-bond acceptors (Lipinski definition) is 4. The van der Waals surface area contributed by atoms with Gasteiger partial charge in [-0.05, 0) is 12.8 Å². The number of hydrogen-bond donors (Lipinski definition) is 0. The Kier molecular flexibility index (Phi) is 2.93. The zero-order valence-electron chi connectivity index (χ0n) is 11.5. The summed E-state index contributed by atoms with van der Waals surface area (Å²) >= 11 is 0. The van der Waals surface area contributed by atoms with Crippen molar-refractivity contribution in [2.45, 2.75) is 27.2 Å². The Hall–Kier alpha value is -2.16. The van der Waals surface area contributed by atoms with E-state index in [-0.39, 0.29) is 35.5 Å². The molecule has 1 atom stereocenters. The average molecular weight is 260 g/mol. The molecule has 6 heteroatoms. The largest absolute Gasteiger partial charge is 0.274 e. The Morgan fingerprint density at radius 3 is 2.58 bits per heavy atom. The number of imide groups is 1. The van der Waals surface area contributed by atoms with Crippen LogP contribution in [0.3, 0.4) is 0 Å². The Balaban J connectivity index is 2.53. The van der Waals surface area contributed by atoms with E-state index in [0.717, 1.165) is 4.90 Å². The molecule has 100 valence electrons. The van der Waals surface area contributed by atoms with Gasteiger partial charge in [-0.2, -0.15) is 10.4 Å². The van der Waals surface area contributed by atoms with Crippen LogP contribution in [0.2, 0.25) is 0 Å². The predicted molar refractivity (Wildman–Crippen MR) is 68.0 cm³/mol. The van der Waals surface area contributed by atoms with Gasteiger partial charge in [-0.1, -0.05) is 13.8 Å². The van der Waals surface area contributed by atoms with Crippen molar-refractivity contribution in [2.75, 3.05) is 4.90 Å². The van der Waals surface area contributed by atoms with E-state index in [9.17, 15) is 9.59 Å². The molecule has 1 fully saturated rings. The molecule has 1 aliphatic heterocycles. The summed E-state index contributed by atoms with van der Waals surface area (Å²) in [5.41, 5.74) is -0.481. The zero-order valence-corrected chi connectivity index (χ0v) is 11.5. The van der Waals surface area contributed by atoms with Crippen LogP contribution < -0.4 is 4.90 Å². The summed E-state index contributed by atoms with van der Waals surface area (Å²) < 4.78 is 1.39. The molecule has 0 aliphatic carbocycles. The summed E-state index contributed by atoms with van der Waals surface area (Å²) in [4.78, 5) is 25.8. The van der Waals surface area contributed by atoms with Crippen LogP contribution in [-0.2, 0) is 16.6 Å². The highest BCUT2D eigenvalue weighted by atomic mass is 16.2. The van der Waals surface area contributed by atoms with Crippen molar-refractivity contribution < 1.29 is 9.59 Å². The van der Waals surface area contributed by atoms with Gasteiger partial charge >= 0.3 is 0 Å². The first-order valence-electron chi connectivity index (χ1n) is 6.12. The number of carbonyl (C=O) groups excluding carboxylic acids is 2. The minimum atomic E-state index is -0.714. The molecule has 1 aliphatic rings. The molecule has 2 heterocycles. The number of anilines is 1. The minimum absolute atomic E-state index is 0.0488. The quantitative estimate of drug-likeness (QED) is 0.749. The molecule has 1 aromatic rings. The third-order valence-electron chi connectivity index (χ3n) is 3.97. The lowest BCUT2D eigenvalue weighted by molar-refractivity contribution is -0.126. The molecule has 1 saturated heterocycles. The van der Waals surface area contributed by atoms with Crippen LogP contribution >= 0.6 is 0 Å². The summed E-state index contributed by atoms with van der Waals surface area (Å²) in [6.45, 7) is 5.63. The lowest BCUT2D eigenvalue weighted by atomic mass is 9.78. The fraction of sp³-hybridized carbons (Fsp3) is 0.538. The van der Waals surface area contributed by atoms with Gasteiger partial charge in [0, 0.05) is 13.5 Å². The number of nitriles is 1. The molecule has 0 saturated carbocycles. The summed E-state index contributed by atoms with van der Waals surface area (Å²) in [7, 11) is 1.61. The van der Waals surface area contributed by atoms with Crippen LogP contribution in [0.25, 0.3) is 0 Å². The molecule has 0 spiro atoms. The van der Waals surface area contributed by atoms with Crippen LogP contribution in [0.5, 0.6) is 0 Å². The number of amides is 2. The minimum Gasteiger partial charge on any atom is -0.274 e. The van der Waals surface area contributed by atoms with Crippen molar-refractivity contribution in [3.8, 4) is 6.07 Å². The first kappa shape index (κ1) is 13.3. The van der Waals surface area contributed by atoms with Gasteiger partial charge in [0.2, 0.25) is 11.8 Å². The topological polar surface area (TPSA) is 79.0 Å². The number of aryl methyl sites for hydroxylation is 1. The van der Waals surface area contributed by atoms with Gasteiger partial charge in [0.15, 0.2) is 5.82 Å². The van der Waals surface area contributed by atoms with Crippen molar-refractivity contribution in [3.05, 3.63) is 11.8 Å². The fourth-order valence-corrected chi connectivity index (χ4v) is 2.28. The van der Waals surface area contributed by atoms with Crippen LogP contribution in [0.4, 0.5) is 5.82 Å². The number of carbonyl (C=O) groups is 2. The van der Waals surface area contributed by atoms with Gasteiger partial charge in [-0.3, -0.25) is 14.3 Å². The molecule has 0 bridgehead atoms. The Labute approximate surface area is 111 Å². The van der Waals surface area contributed by atoms with E-state index in [0.29, 0.717) is 0 Å². The lowest BCUT2D eigenvalue weighted by Crippen LogP contribution is -2.38. The summed E-state index contributed by atoms with van der Waals surface area (Å²) in [5.74, 6) is -0.219. The maximum Gasteiger partial charge on any atom is 0.241 e. The molecule has 19 heavy (non-hydrogen) atoms. The molecule has 2 rings (SSSR count). The molecule has 1 aromatic heterocycles. The van der Waals surface area contributed by atoms with Crippen LogP contribution in [0.1, 0.15) is 32.8 Å². The smallest absolute Gasteiger partial charge is 0.241 e. The van der Waals surface area contributed by atoms with E-state index in [2.05, 4.69) is 5.10 Å². The van der Waals surface area contributed by atoms with E-state index in [1.54, 1.807) is 14.0 Å². The van der Waals surface area contributed by atoms with Crippen LogP contribution in [0, 0.1) is 22.7 Å². The highest BCUT2D eigenvalue weighted by Crippen LogP contribution is 2.41. The summed E-state index contributed by atoms with van der Waals surface area (Å²) in [5, 5.41) is 13.0. The van der Waals surface area contributed by atoms with Gasteiger partial charge in [-0.15, -0.1) is 0 Å². The summed E-state index contributed by atoms with van der Waals surface area (Å²) in [6, 6.07) is 1.96. The highest BCUT2D eigenvalue weighted by Gasteiger charge is 2.51. The van der Waals surface area contributed by atoms with Crippen molar-refractivity contribution in [1.82, 2.24) is 9.78 Å². The van der Waals surface area contributed by atoms with Crippen LogP contribution in [0.15, 0.2) is 6.20 Å². The predicted octanol–water partition coefficient (Wildman–Crippen LogP) is 1.22. The van der Waals surface area contributed by atoms with Gasteiger partial charge in [0.25, 0.3) is 0 Å². The molecule has 2 amide bonds. The molecule has 6 nitrogen and oxygen atoms in total. The molecule has 0 radical (unpaired) electrons. The first-order valence-corrected chi connectivity index (χ1v) is 6.12. The van der Waals surface area contributed by atoms with E-state index in [4.69, 9.17) is 5.26 Å². The maximum absolute atomic E-state index is 12.6. The lowest BCUT2D eigenvalue weighted by Gasteiger charge is -2.25. The van der Waals surface area contributed by atoms with E-state index in [1.807, 2.05) is 19.9 Å². The van der Waals surface area contributed by atoms with E-state index in [1.165, 1.54) is 10.9 Å². The van der Waals surface area contributed by atoms with Crippen molar-refractivity contribution in [3.63, 3.8) is 0 Å². The second-order valence-electron chi connectivity index (χ2n) is 5.40. The fourth-order valence-electron chi connectivity index (χ4n) is 2.28. The van der Waals surface area contributed by atoms with Gasteiger partial charge in [0.05, 0.1) is 11.6 Å². The Morgan fingerprint density at radius 2 is 2.11 bits per heavy atom. The first-order chi connectivity index (χ1) is 8.82. The third kappa shape index (κ3) is 1.73. The van der Waals surface area contributed by atoms with Gasteiger partial charge in [-0.25, -0.2) is 4.90 Å². The molecule has 0 N–H and O–H groups in total. The number of aromatic nitrogens is 2. The van der Waals surface area contributed by atoms with Crippen molar-refractivity contribution in [1.29, 1.82) is 5.26 Å². The van der Waals surface area contributed by atoms with E-state index >= 15 is 0 Å². The standard InChI is InChI=1S/C13H16N4O2/c1-8(2)13(3)5-10(18)17(12(13)19)11-9(6-14)7-15-16(11)4/h7-8H,5H2,1-4H3. The molecular formula is C13H16N4O2. The Bertz CT molecular complexity index is 596. The second kappa shape index (κ2) is 4.19. The highest BCUT2D eigenvalue weighted by molar-refractivity contribution is 6.22. The second-order valence-corrected chi connectivity index (χ2v) is 5.40. The zero-order chi connectivity index (χ0) is 14.4. The Morgan fingerprint density at radius 1 is 1.47 bits per heavy atom. The van der Waals surface area contributed by atoms with Crippen molar-refractivity contribution in [2.24, 2.45) is 18.4 Å². The van der Waals surface area contributed by atoms with Crippen LogP contribution in [-0.4, -0.2) is 21.6 Å². The maximum atomic E-state index is 12.6. The van der Waals surface area contributed by atoms with Gasteiger partial charge < -0.3 is 0 Å². The molecule has 1 unspecified atom stereocenters. The SMILES string of the molecule is CC(C)C1(C)CC(=O)N(c2c(C#N)cnn2C)C1=O. The average Bonchev–Trinajstić information content (AvgIpc) is 2.80. The summed E-state index contributed by atoms with van der Waals surface area (Å²) in [6.07, 6.45) is 1.53. The van der Waals surface area contributed by atoms with E-state index < -0.39 is 5.41 Å².